The first-order valence-corrected chi connectivity index (χ1v) is 6.14. The van der Waals surface area contributed by atoms with Gasteiger partial charge >= 0.3 is 5.97 Å². The molecule has 0 aromatic heterocycles. The molecule has 19 heavy (non-hydrogen) atoms. The normalized spacial score (nSPS) is 16.6. The lowest BCUT2D eigenvalue weighted by molar-refractivity contribution is -0.147. The Kier molecular flexibility index (Phi) is 3.64. The number of hydrogen-bond acceptors (Lipinski definition) is 3. The van der Waals surface area contributed by atoms with Crippen LogP contribution >= 0.6 is 0 Å². The van der Waals surface area contributed by atoms with Crippen molar-refractivity contribution in [3.05, 3.63) is 23.3 Å². The number of alkyl halides is 1. The average Bonchev–Trinajstić information content (AvgIpc) is 2.36. The molecule has 4 nitrogen and oxygen atoms in total. The maximum absolute atomic E-state index is 12.9. The monoisotopic (exact) mass is 268 g/mol. The van der Waals surface area contributed by atoms with Crippen LogP contribution in [-0.4, -0.2) is 25.3 Å². The number of carboxylic acid groups (broad SMARTS) is 1. The van der Waals surface area contributed by atoms with E-state index >= 15 is 0 Å². The Balaban J connectivity index is 2.58. The van der Waals surface area contributed by atoms with E-state index < -0.39 is 18.1 Å². The van der Waals surface area contributed by atoms with Gasteiger partial charge in [0.25, 0.3) is 0 Å². The predicted octanol–water partition coefficient (Wildman–Crippen LogP) is 2.68. The Morgan fingerprint density at radius 3 is 2.32 bits per heavy atom. The van der Waals surface area contributed by atoms with Crippen molar-refractivity contribution in [1.29, 1.82) is 0 Å². The fourth-order valence-corrected chi connectivity index (χ4v) is 2.57. The predicted molar refractivity (Wildman–Crippen MR) is 67.5 cm³/mol. The zero-order chi connectivity index (χ0) is 14.0. The number of methoxy groups -OCH3 is 2. The summed E-state index contributed by atoms with van der Waals surface area (Å²) in [4.78, 5) is 11.6. The first kappa shape index (κ1) is 13.6. The van der Waals surface area contributed by atoms with Crippen LogP contribution < -0.4 is 9.47 Å². The minimum Gasteiger partial charge on any atom is -0.496 e. The summed E-state index contributed by atoms with van der Waals surface area (Å²) in [6.07, 6.45) is 2.00. The van der Waals surface area contributed by atoms with Crippen molar-refractivity contribution in [3.63, 3.8) is 0 Å². The van der Waals surface area contributed by atoms with Gasteiger partial charge in [0.2, 0.25) is 0 Å². The van der Waals surface area contributed by atoms with Gasteiger partial charge in [-0.1, -0.05) is 6.42 Å². The van der Waals surface area contributed by atoms with Gasteiger partial charge in [-0.05, 0) is 25.0 Å². The van der Waals surface area contributed by atoms with Crippen LogP contribution in [0.1, 0.15) is 30.4 Å². The molecule has 1 saturated carbocycles. The van der Waals surface area contributed by atoms with Gasteiger partial charge < -0.3 is 14.6 Å². The molecule has 1 fully saturated rings. The van der Waals surface area contributed by atoms with Crippen LogP contribution in [0.2, 0.25) is 0 Å². The van der Waals surface area contributed by atoms with Crippen molar-refractivity contribution in [1.82, 2.24) is 0 Å². The maximum Gasteiger partial charge on any atom is 0.314 e. The molecule has 0 aliphatic heterocycles. The van der Waals surface area contributed by atoms with Crippen molar-refractivity contribution in [3.8, 4) is 11.5 Å². The van der Waals surface area contributed by atoms with Gasteiger partial charge in [0.1, 0.15) is 18.2 Å². The number of ether oxygens (including phenoxy) is 2. The van der Waals surface area contributed by atoms with E-state index in [9.17, 15) is 14.3 Å². The van der Waals surface area contributed by atoms with E-state index in [1.165, 1.54) is 20.3 Å². The van der Waals surface area contributed by atoms with Gasteiger partial charge in [0.15, 0.2) is 0 Å². The van der Waals surface area contributed by atoms with Crippen LogP contribution in [0.3, 0.4) is 0 Å². The molecule has 0 radical (unpaired) electrons. The second-order valence-electron chi connectivity index (χ2n) is 4.74. The van der Waals surface area contributed by atoms with Crippen LogP contribution in [-0.2, 0) is 16.9 Å². The summed E-state index contributed by atoms with van der Waals surface area (Å²) in [7, 11) is 2.90. The van der Waals surface area contributed by atoms with Crippen LogP contribution in [0.15, 0.2) is 12.1 Å². The fraction of sp³-hybridized carbons (Fsp3) is 0.500. The van der Waals surface area contributed by atoms with Gasteiger partial charge in [0.05, 0.1) is 19.6 Å². The fourth-order valence-electron chi connectivity index (χ4n) is 2.57. The molecule has 1 N–H and O–H groups in total. The second kappa shape index (κ2) is 5.07. The van der Waals surface area contributed by atoms with Crippen molar-refractivity contribution >= 4 is 5.97 Å². The van der Waals surface area contributed by atoms with E-state index in [4.69, 9.17) is 9.47 Å². The summed E-state index contributed by atoms with van der Waals surface area (Å²) in [5.74, 6) is -0.0894. The number of halogens is 1. The zero-order valence-electron chi connectivity index (χ0n) is 11.0. The highest BCUT2D eigenvalue weighted by Gasteiger charge is 2.48. The Morgan fingerprint density at radius 1 is 1.32 bits per heavy atom. The molecule has 0 unspecified atom stereocenters. The smallest absolute Gasteiger partial charge is 0.314 e. The Labute approximate surface area is 111 Å². The lowest BCUT2D eigenvalue weighted by Crippen LogP contribution is -2.42. The average molecular weight is 268 g/mol. The highest BCUT2D eigenvalue weighted by molar-refractivity contribution is 5.84. The SMILES string of the molecule is COc1cc(C2(C(=O)O)CCC2)c(OC)cc1CF. The second-order valence-corrected chi connectivity index (χ2v) is 4.74. The molecule has 1 aliphatic carbocycles. The van der Waals surface area contributed by atoms with Gasteiger partial charge in [-0.3, -0.25) is 4.79 Å². The zero-order valence-corrected chi connectivity index (χ0v) is 11.0. The topological polar surface area (TPSA) is 55.8 Å². The molecule has 0 amide bonds. The molecule has 0 spiro atoms. The molecule has 0 heterocycles. The molecular weight excluding hydrogens is 251 g/mol. The van der Waals surface area contributed by atoms with Gasteiger partial charge in [-0.15, -0.1) is 0 Å². The number of carboxylic acids is 1. The maximum atomic E-state index is 12.9. The van der Waals surface area contributed by atoms with Gasteiger partial charge in [-0.2, -0.15) is 0 Å². The summed E-state index contributed by atoms with van der Waals surface area (Å²) >= 11 is 0. The third-order valence-corrected chi connectivity index (χ3v) is 3.88. The van der Waals surface area contributed by atoms with E-state index in [0.717, 1.165) is 6.42 Å². The first-order chi connectivity index (χ1) is 9.08. The quantitative estimate of drug-likeness (QED) is 0.892. The van der Waals surface area contributed by atoms with Crippen molar-refractivity contribution < 1.29 is 23.8 Å². The Morgan fingerprint density at radius 2 is 1.95 bits per heavy atom. The van der Waals surface area contributed by atoms with Crippen LogP contribution in [0.5, 0.6) is 11.5 Å². The van der Waals surface area contributed by atoms with Crippen molar-refractivity contribution in [2.24, 2.45) is 0 Å². The summed E-state index contributed by atoms with van der Waals surface area (Å²) in [6, 6.07) is 3.12. The third kappa shape index (κ3) is 2.03. The number of carbonyl (C=O) groups is 1. The molecule has 1 aliphatic rings. The summed E-state index contributed by atoms with van der Waals surface area (Å²) in [6.45, 7) is -0.681. The first-order valence-electron chi connectivity index (χ1n) is 6.14. The molecule has 1 aromatic carbocycles. The molecule has 0 atom stereocenters. The number of rotatable bonds is 5. The summed E-state index contributed by atoms with van der Waals surface area (Å²) in [5.41, 5.74) is 0.0127. The molecular formula is C14H17FO4. The highest BCUT2D eigenvalue weighted by atomic mass is 19.1. The lowest BCUT2D eigenvalue weighted by atomic mass is 9.64. The minimum absolute atomic E-state index is 0.364. The van der Waals surface area contributed by atoms with Crippen LogP contribution in [0.4, 0.5) is 4.39 Å². The van der Waals surface area contributed by atoms with E-state index in [2.05, 4.69) is 0 Å². The molecule has 0 saturated heterocycles. The Bertz CT molecular complexity index is 494. The van der Waals surface area contributed by atoms with Crippen LogP contribution in [0.25, 0.3) is 0 Å². The minimum atomic E-state index is -0.923. The largest absolute Gasteiger partial charge is 0.496 e. The number of benzene rings is 1. The van der Waals surface area contributed by atoms with E-state index in [0.29, 0.717) is 35.5 Å². The number of aliphatic carboxylic acids is 1. The molecule has 104 valence electrons. The summed E-state index contributed by atoms with van der Waals surface area (Å²) < 4.78 is 23.3. The standard InChI is InChI=1S/C14H17FO4/c1-18-11-7-10(12(19-2)6-9(11)8-15)14(13(16)17)4-3-5-14/h6-7H,3-5,8H2,1-2H3,(H,16,17). The van der Waals surface area contributed by atoms with Crippen molar-refractivity contribution in [2.45, 2.75) is 31.4 Å². The summed E-state index contributed by atoms with van der Waals surface area (Å²) in [5, 5.41) is 9.48. The van der Waals surface area contributed by atoms with E-state index in [1.807, 2.05) is 0 Å². The van der Waals surface area contributed by atoms with Crippen molar-refractivity contribution in [2.75, 3.05) is 14.2 Å². The molecule has 0 bridgehead atoms. The molecule has 1 aromatic rings. The van der Waals surface area contributed by atoms with Gasteiger partial charge in [-0.25, -0.2) is 4.39 Å². The highest BCUT2D eigenvalue weighted by Crippen LogP contribution is 2.49. The lowest BCUT2D eigenvalue weighted by Gasteiger charge is -2.39. The third-order valence-electron chi connectivity index (χ3n) is 3.88. The van der Waals surface area contributed by atoms with Gasteiger partial charge in [0, 0.05) is 11.1 Å². The number of hydrogen-bond donors (Lipinski definition) is 1. The molecule has 2 rings (SSSR count). The van der Waals surface area contributed by atoms with E-state index in [-0.39, 0.29) is 0 Å². The Hall–Kier alpha value is -1.78. The van der Waals surface area contributed by atoms with Crippen LogP contribution in [0, 0.1) is 0 Å². The molecule has 5 heteroatoms. The van der Waals surface area contributed by atoms with E-state index in [1.54, 1.807) is 6.07 Å².